The zero-order chi connectivity index (χ0) is 18.1. The summed E-state index contributed by atoms with van der Waals surface area (Å²) in [6.45, 7) is 3.66. The van der Waals surface area contributed by atoms with Crippen LogP contribution < -0.4 is 0 Å². The predicted octanol–water partition coefficient (Wildman–Crippen LogP) is 5.43. The monoisotopic (exact) mass is 397 g/mol. The number of nitrogens with zero attached hydrogens (tertiary/aromatic N) is 3. The maximum Gasteiger partial charge on any atom is 0.416 e. The van der Waals surface area contributed by atoms with Crippen molar-refractivity contribution in [3.8, 4) is 5.69 Å². The fourth-order valence-corrected chi connectivity index (χ4v) is 3.59. The first-order valence-corrected chi connectivity index (χ1v) is 8.41. The van der Waals surface area contributed by atoms with Gasteiger partial charge in [-0.3, -0.25) is 0 Å². The minimum Gasteiger partial charge on any atom is -0.411 e. The van der Waals surface area contributed by atoms with Crippen LogP contribution in [0.1, 0.15) is 23.9 Å². The highest BCUT2D eigenvalue weighted by molar-refractivity contribution is 7.99. The predicted molar refractivity (Wildman–Crippen MR) is 89.1 cm³/mol. The molecule has 10 heteroatoms. The van der Waals surface area contributed by atoms with Crippen LogP contribution in [0.2, 0.25) is 10.0 Å². The largest absolute Gasteiger partial charge is 0.416 e. The van der Waals surface area contributed by atoms with Crippen molar-refractivity contribution in [2.75, 3.05) is 5.75 Å². The number of benzene rings is 1. The number of hydrogen-bond donors (Lipinski definition) is 1. The van der Waals surface area contributed by atoms with Gasteiger partial charge in [0.1, 0.15) is 11.4 Å². The van der Waals surface area contributed by atoms with Gasteiger partial charge in [-0.1, -0.05) is 35.3 Å². The summed E-state index contributed by atoms with van der Waals surface area (Å²) >= 11 is 13.5. The molecule has 1 heterocycles. The van der Waals surface area contributed by atoms with Gasteiger partial charge in [0.05, 0.1) is 32.4 Å². The minimum atomic E-state index is -4.55. The smallest absolute Gasteiger partial charge is 0.411 e. The lowest BCUT2D eigenvalue weighted by molar-refractivity contribution is -0.137. The van der Waals surface area contributed by atoms with E-state index in [4.69, 9.17) is 28.4 Å². The molecule has 4 nitrogen and oxygen atoms in total. The molecule has 0 amide bonds. The van der Waals surface area contributed by atoms with Crippen LogP contribution in [0.15, 0.2) is 22.2 Å². The van der Waals surface area contributed by atoms with Gasteiger partial charge in [0.25, 0.3) is 0 Å². The molecule has 0 aliphatic rings. The van der Waals surface area contributed by atoms with Crippen LogP contribution in [-0.4, -0.2) is 27.0 Å². The number of rotatable bonds is 4. The summed E-state index contributed by atoms with van der Waals surface area (Å²) in [6.07, 6.45) is -3.41. The minimum absolute atomic E-state index is 0.138. The van der Waals surface area contributed by atoms with Gasteiger partial charge in [0, 0.05) is 0 Å². The molecule has 0 saturated carbocycles. The lowest BCUT2D eigenvalue weighted by Gasteiger charge is -2.13. The molecule has 130 valence electrons. The number of halogens is 5. The van der Waals surface area contributed by atoms with Crippen LogP contribution >= 0.6 is 35.0 Å². The Morgan fingerprint density at radius 3 is 2.38 bits per heavy atom. The van der Waals surface area contributed by atoms with Crippen LogP contribution in [0.25, 0.3) is 5.69 Å². The third kappa shape index (κ3) is 3.65. The molecule has 1 aromatic carbocycles. The summed E-state index contributed by atoms with van der Waals surface area (Å²) in [7, 11) is 0. The molecular weight excluding hydrogens is 386 g/mol. The first kappa shape index (κ1) is 19.0. The molecule has 0 aliphatic heterocycles. The number of aromatic nitrogens is 2. The van der Waals surface area contributed by atoms with Crippen LogP contribution in [0.5, 0.6) is 0 Å². The Balaban J connectivity index is 2.67. The fourth-order valence-electron chi connectivity index (χ4n) is 2.12. The van der Waals surface area contributed by atoms with Crippen LogP contribution in [0, 0.1) is 6.92 Å². The Kier molecular flexibility index (Phi) is 5.72. The number of hydrogen-bond acceptors (Lipinski definition) is 4. The molecule has 2 rings (SSSR count). The van der Waals surface area contributed by atoms with Gasteiger partial charge in [0.2, 0.25) is 0 Å². The molecule has 2 aromatic rings. The van der Waals surface area contributed by atoms with Gasteiger partial charge >= 0.3 is 6.18 Å². The van der Waals surface area contributed by atoms with E-state index in [2.05, 4.69) is 10.3 Å². The molecule has 0 saturated heterocycles. The topological polar surface area (TPSA) is 50.4 Å². The van der Waals surface area contributed by atoms with Crippen LogP contribution in [-0.2, 0) is 6.18 Å². The van der Waals surface area contributed by atoms with Gasteiger partial charge in [0.15, 0.2) is 0 Å². The molecule has 0 unspecified atom stereocenters. The molecule has 1 N–H and O–H groups in total. The van der Waals surface area contributed by atoms with E-state index >= 15 is 0 Å². The molecular formula is C14H12Cl2F3N3OS. The zero-order valence-corrected chi connectivity index (χ0v) is 14.9. The van der Waals surface area contributed by atoms with E-state index in [-0.39, 0.29) is 15.7 Å². The normalized spacial score (nSPS) is 12.3. The Labute approximate surface area is 150 Å². The van der Waals surface area contributed by atoms with Crippen molar-refractivity contribution in [1.29, 1.82) is 0 Å². The molecule has 0 aliphatic carbocycles. The molecule has 0 bridgehead atoms. The number of thioether (sulfide) groups is 1. The van der Waals surface area contributed by atoms with Crippen molar-refractivity contribution in [2.45, 2.75) is 24.9 Å². The SMILES string of the molecule is CCSc1c(C=NO)nn(-c2c(Cl)cc(C(F)(F)F)cc2Cl)c1C. The van der Waals surface area contributed by atoms with Crippen molar-refractivity contribution in [2.24, 2.45) is 5.16 Å². The Bertz CT molecular complexity index is 767. The molecule has 0 spiro atoms. The maximum atomic E-state index is 12.8. The van der Waals surface area contributed by atoms with Crippen molar-refractivity contribution in [3.05, 3.63) is 39.1 Å². The first-order chi connectivity index (χ1) is 11.2. The van der Waals surface area contributed by atoms with Crippen LogP contribution in [0.4, 0.5) is 13.2 Å². The van der Waals surface area contributed by atoms with Crippen LogP contribution in [0.3, 0.4) is 0 Å². The Hall–Kier alpha value is -1.38. The average Bonchev–Trinajstić information content (AvgIpc) is 2.76. The standard InChI is InChI=1S/C14H12Cl2F3N3OS/c1-3-24-13-7(2)22(21-11(13)6-20-23)12-9(15)4-8(5-10(12)16)14(17,18)19/h4-6,23H,3H2,1-2H3. The van der Waals surface area contributed by atoms with E-state index in [1.807, 2.05) is 6.92 Å². The Morgan fingerprint density at radius 2 is 1.92 bits per heavy atom. The second-order valence-electron chi connectivity index (χ2n) is 4.68. The summed E-state index contributed by atoms with van der Waals surface area (Å²) in [4.78, 5) is 0.724. The van der Waals surface area contributed by atoms with Gasteiger partial charge in [-0.2, -0.15) is 18.3 Å². The number of oxime groups is 1. The van der Waals surface area contributed by atoms with E-state index in [1.54, 1.807) is 6.92 Å². The quantitative estimate of drug-likeness (QED) is 0.324. The van der Waals surface area contributed by atoms with Gasteiger partial charge < -0.3 is 5.21 Å². The van der Waals surface area contributed by atoms with Crippen molar-refractivity contribution in [1.82, 2.24) is 9.78 Å². The van der Waals surface area contributed by atoms with Crippen molar-refractivity contribution >= 4 is 41.2 Å². The van der Waals surface area contributed by atoms with E-state index in [1.165, 1.54) is 16.4 Å². The molecule has 1 aromatic heterocycles. The third-order valence-electron chi connectivity index (χ3n) is 3.11. The first-order valence-electron chi connectivity index (χ1n) is 6.67. The number of alkyl halides is 3. The summed E-state index contributed by atoms with van der Waals surface area (Å²) in [6, 6.07) is 1.60. The van der Waals surface area contributed by atoms with Gasteiger partial charge in [-0.05, 0) is 24.8 Å². The highest BCUT2D eigenvalue weighted by Gasteiger charge is 2.32. The molecule has 0 atom stereocenters. The summed E-state index contributed by atoms with van der Waals surface area (Å²) in [5.74, 6) is 0.729. The van der Waals surface area contributed by atoms with E-state index in [0.717, 1.165) is 29.0 Å². The van der Waals surface area contributed by atoms with Gasteiger partial charge in [-0.25, -0.2) is 4.68 Å². The summed E-state index contributed by atoms with van der Waals surface area (Å²) in [5, 5.41) is 15.6. The highest BCUT2D eigenvalue weighted by Crippen LogP contribution is 2.39. The van der Waals surface area contributed by atoms with Crippen molar-refractivity contribution < 1.29 is 18.4 Å². The van der Waals surface area contributed by atoms with Crippen molar-refractivity contribution in [3.63, 3.8) is 0 Å². The second kappa shape index (κ2) is 7.25. The van der Waals surface area contributed by atoms with E-state index in [9.17, 15) is 13.2 Å². The molecule has 24 heavy (non-hydrogen) atoms. The lowest BCUT2D eigenvalue weighted by Crippen LogP contribution is -2.08. The highest BCUT2D eigenvalue weighted by atomic mass is 35.5. The van der Waals surface area contributed by atoms with Gasteiger partial charge in [-0.15, -0.1) is 11.8 Å². The zero-order valence-electron chi connectivity index (χ0n) is 12.5. The average molecular weight is 398 g/mol. The van der Waals surface area contributed by atoms with E-state index in [0.29, 0.717) is 11.4 Å². The fraction of sp³-hybridized carbons (Fsp3) is 0.286. The maximum absolute atomic E-state index is 12.8. The van der Waals surface area contributed by atoms with E-state index < -0.39 is 11.7 Å². The Morgan fingerprint density at radius 1 is 1.33 bits per heavy atom. The lowest BCUT2D eigenvalue weighted by atomic mass is 10.2. The third-order valence-corrected chi connectivity index (χ3v) is 4.77. The second-order valence-corrected chi connectivity index (χ2v) is 6.76. The summed E-state index contributed by atoms with van der Waals surface area (Å²) in [5.41, 5.74) is 0.194. The molecule has 0 radical (unpaired) electrons. The summed E-state index contributed by atoms with van der Waals surface area (Å²) < 4.78 is 39.9. The molecule has 0 fully saturated rings.